The molecule has 1 unspecified atom stereocenters. The van der Waals surface area contributed by atoms with Crippen LogP contribution in [0.2, 0.25) is 0 Å². The molecular formula is C21H25NO4. The third-order valence-electron chi connectivity index (χ3n) is 5.57. The standard InChI is InChI=1S/C21H25NO4/c1-14-4-3-7-22(11-14)20(23)13-26-21(24)10-17-12-25-19-9-16-6-2-5-15(16)8-18(17)19/h8-9,12,14H,2-7,10-11,13H2,1H3. The van der Waals surface area contributed by atoms with E-state index in [9.17, 15) is 9.59 Å². The lowest BCUT2D eigenvalue weighted by atomic mass is 10.0. The highest BCUT2D eigenvalue weighted by Crippen LogP contribution is 2.30. The molecule has 26 heavy (non-hydrogen) atoms. The second kappa shape index (κ2) is 7.14. The van der Waals surface area contributed by atoms with Crippen molar-refractivity contribution in [3.8, 4) is 0 Å². The van der Waals surface area contributed by atoms with Crippen LogP contribution in [0.15, 0.2) is 22.8 Å². The van der Waals surface area contributed by atoms with Crippen LogP contribution in [0, 0.1) is 5.92 Å². The number of ether oxygens (including phenoxy) is 1. The minimum absolute atomic E-state index is 0.0974. The monoisotopic (exact) mass is 355 g/mol. The summed E-state index contributed by atoms with van der Waals surface area (Å²) in [5.74, 6) is 0.0359. The molecule has 1 aromatic carbocycles. The molecule has 0 radical (unpaired) electrons. The second-order valence-corrected chi connectivity index (χ2v) is 7.66. The molecule has 1 aromatic heterocycles. The SMILES string of the molecule is CC1CCCN(C(=O)COC(=O)Cc2coc3cc4c(cc23)CCC4)C1. The van der Waals surface area contributed by atoms with Gasteiger partial charge in [-0.05, 0) is 61.3 Å². The summed E-state index contributed by atoms with van der Waals surface area (Å²) in [4.78, 5) is 26.2. The van der Waals surface area contributed by atoms with Crippen molar-refractivity contribution in [2.75, 3.05) is 19.7 Å². The van der Waals surface area contributed by atoms with Gasteiger partial charge in [-0.1, -0.05) is 6.92 Å². The Hall–Kier alpha value is -2.30. The molecule has 2 aliphatic rings. The molecule has 138 valence electrons. The van der Waals surface area contributed by atoms with Crippen LogP contribution in [0.4, 0.5) is 0 Å². The Balaban J connectivity index is 1.36. The molecule has 2 aromatic rings. The Kier molecular flexibility index (Phi) is 4.70. The van der Waals surface area contributed by atoms with Gasteiger partial charge >= 0.3 is 5.97 Å². The highest BCUT2D eigenvalue weighted by molar-refractivity contribution is 5.88. The Labute approximate surface area is 153 Å². The van der Waals surface area contributed by atoms with Gasteiger partial charge in [0.1, 0.15) is 5.58 Å². The highest BCUT2D eigenvalue weighted by Gasteiger charge is 2.22. The van der Waals surface area contributed by atoms with Crippen molar-refractivity contribution in [3.05, 3.63) is 35.1 Å². The number of nitrogens with zero attached hydrogens (tertiary/aromatic N) is 1. The van der Waals surface area contributed by atoms with E-state index in [0.29, 0.717) is 5.92 Å². The number of esters is 1. The van der Waals surface area contributed by atoms with Crippen LogP contribution in [0.3, 0.4) is 0 Å². The van der Waals surface area contributed by atoms with Gasteiger partial charge in [-0.15, -0.1) is 0 Å². The minimum atomic E-state index is -0.383. The van der Waals surface area contributed by atoms with Crippen LogP contribution in [-0.4, -0.2) is 36.5 Å². The summed E-state index contributed by atoms with van der Waals surface area (Å²) in [6.45, 7) is 3.50. The second-order valence-electron chi connectivity index (χ2n) is 7.66. The Morgan fingerprint density at radius 2 is 2.04 bits per heavy atom. The van der Waals surface area contributed by atoms with Crippen LogP contribution >= 0.6 is 0 Å². The van der Waals surface area contributed by atoms with Crippen molar-refractivity contribution < 1.29 is 18.7 Å². The smallest absolute Gasteiger partial charge is 0.310 e. The van der Waals surface area contributed by atoms with Gasteiger partial charge in [-0.3, -0.25) is 9.59 Å². The van der Waals surface area contributed by atoms with Gasteiger partial charge in [0.05, 0.1) is 12.7 Å². The van der Waals surface area contributed by atoms with E-state index in [2.05, 4.69) is 19.1 Å². The van der Waals surface area contributed by atoms with Crippen molar-refractivity contribution in [3.63, 3.8) is 0 Å². The molecular weight excluding hydrogens is 330 g/mol. The lowest BCUT2D eigenvalue weighted by Crippen LogP contribution is -2.41. The third-order valence-corrected chi connectivity index (χ3v) is 5.57. The van der Waals surface area contributed by atoms with Crippen molar-refractivity contribution >= 4 is 22.8 Å². The molecule has 1 aliphatic carbocycles. The van der Waals surface area contributed by atoms with E-state index in [0.717, 1.165) is 55.3 Å². The predicted molar refractivity (Wildman–Crippen MR) is 97.9 cm³/mol. The minimum Gasteiger partial charge on any atom is -0.464 e. The molecule has 1 aliphatic heterocycles. The highest BCUT2D eigenvalue weighted by atomic mass is 16.5. The van der Waals surface area contributed by atoms with Gasteiger partial charge in [0.15, 0.2) is 6.61 Å². The summed E-state index contributed by atoms with van der Waals surface area (Å²) in [6, 6.07) is 4.23. The van der Waals surface area contributed by atoms with E-state index in [1.165, 1.54) is 17.5 Å². The normalized spacial score (nSPS) is 19.6. The van der Waals surface area contributed by atoms with Gasteiger partial charge in [-0.25, -0.2) is 0 Å². The summed E-state index contributed by atoms with van der Waals surface area (Å²) >= 11 is 0. The third kappa shape index (κ3) is 3.48. The molecule has 0 saturated carbocycles. The number of furan rings is 1. The largest absolute Gasteiger partial charge is 0.464 e. The number of benzene rings is 1. The van der Waals surface area contributed by atoms with Crippen LogP contribution in [0.1, 0.15) is 42.9 Å². The molecule has 4 rings (SSSR count). The van der Waals surface area contributed by atoms with E-state index in [4.69, 9.17) is 9.15 Å². The fourth-order valence-corrected chi connectivity index (χ4v) is 4.14. The molecule has 0 spiro atoms. The molecule has 2 heterocycles. The zero-order chi connectivity index (χ0) is 18.1. The maximum atomic E-state index is 12.2. The number of carbonyl (C=O) groups excluding carboxylic acids is 2. The van der Waals surface area contributed by atoms with E-state index < -0.39 is 0 Å². The molecule has 1 atom stereocenters. The first kappa shape index (κ1) is 17.1. The lowest BCUT2D eigenvalue weighted by Gasteiger charge is -2.30. The predicted octanol–water partition coefficient (Wildman–Crippen LogP) is 3.27. The number of carbonyl (C=O) groups is 2. The number of piperidine rings is 1. The van der Waals surface area contributed by atoms with Crippen LogP contribution < -0.4 is 0 Å². The number of hydrogen-bond acceptors (Lipinski definition) is 4. The number of fused-ring (bicyclic) bond motifs is 2. The first-order chi connectivity index (χ1) is 12.6. The molecule has 1 amide bonds. The summed E-state index contributed by atoms with van der Waals surface area (Å²) in [5.41, 5.74) is 4.36. The summed E-state index contributed by atoms with van der Waals surface area (Å²) in [7, 11) is 0. The van der Waals surface area contributed by atoms with Crippen molar-refractivity contribution in [1.82, 2.24) is 4.90 Å². The molecule has 0 N–H and O–H groups in total. The van der Waals surface area contributed by atoms with Crippen molar-refractivity contribution in [2.24, 2.45) is 5.92 Å². The maximum absolute atomic E-state index is 12.2. The molecule has 1 saturated heterocycles. The van der Waals surface area contributed by atoms with Crippen molar-refractivity contribution in [1.29, 1.82) is 0 Å². The Morgan fingerprint density at radius 1 is 1.23 bits per heavy atom. The summed E-state index contributed by atoms with van der Waals surface area (Å²) in [5, 5.41) is 0.985. The van der Waals surface area contributed by atoms with Crippen LogP contribution in [-0.2, 0) is 33.6 Å². The summed E-state index contributed by atoms with van der Waals surface area (Å²) < 4.78 is 10.9. The first-order valence-corrected chi connectivity index (χ1v) is 9.55. The molecule has 0 bridgehead atoms. The van der Waals surface area contributed by atoms with Crippen LogP contribution in [0.25, 0.3) is 11.0 Å². The fraction of sp³-hybridized carbons (Fsp3) is 0.524. The zero-order valence-electron chi connectivity index (χ0n) is 15.3. The van der Waals surface area contributed by atoms with Crippen LogP contribution in [0.5, 0.6) is 0 Å². The quantitative estimate of drug-likeness (QED) is 0.790. The molecule has 5 heteroatoms. The Morgan fingerprint density at radius 3 is 2.85 bits per heavy atom. The first-order valence-electron chi connectivity index (χ1n) is 9.55. The maximum Gasteiger partial charge on any atom is 0.310 e. The van der Waals surface area contributed by atoms with E-state index in [1.807, 2.05) is 0 Å². The summed E-state index contributed by atoms with van der Waals surface area (Å²) in [6.07, 6.45) is 7.30. The zero-order valence-corrected chi connectivity index (χ0v) is 15.3. The number of likely N-dealkylation sites (tertiary alicyclic amines) is 1. The van der Waals surface area contributed by atoms with E-state index >= 15 is 0 Å². The van der Waals surface area contributed by atoms with E-state index in [1.54, 1.807) is 11.2 Å². The topological polar surface area (TPSA) is 59.8 Å². The fourth-order valence-electron chi connectivity index (χ4n) is 4.14. The van der Waals surface area contributed by atoms with E-state index in [-0.39, 0.29) is 24.9 Å². The van der Waals surface area contributed by atoms with Gasteiger partial charge in [0, 0.05) is 24.0 Å². The van der Waals surface area contributed by atoms with Gasteiger partial charge in [0.25, 0.3) is 5.91 Å². The van der Waals surface area contributed by atoms with Gasteiger partial charge in [-0.2, -0.15) is 0 Å². The number of rotatable bonds is 4. The molecule has 1 fully saturated rings. The van der Waals surface area contributed by atoms with Crippen molar-refractivity contribution in [2.45, 2.75) is 45.4 Å². The number of aryl methyl sites for hydroxylation is 2. The van der Waals surface area contributed by atoms with Gasteiger partial charge in [0.2, 0.25) is 0 Å². The Bertz CT molecular complexity index is 838. The van der Waals surface area contributed by atoms with Gasteiger partial charge < -0.3 is 14.1 Å². The number of hydrogen-bond donors (Lipinski definition) is 0. The average molecular weight is 355 g/mol. The lowest BCUT2D eigenvalue weighted by molar-refractivity contribution is -0.152. The average Bonchev–Trinajstić information content (AvgIpc) is 3.24. The number of amides is 1. The molecule has 5 nitrogen and oxygen atoms in total.